The van der Waals surface area contributed by atoms with Crippen LogP contribution in [0, 0.1) is 0 Å². The zero-order valence-electron chi connectivity index (χ0n) is 15.1. The van der Waals surface area contributed by atoms with E-state index >= 15 is 0 Å². The molecule has 2 fully saturated rings. The highest BCUT2D eigenvalue weighted by molar-refractivity contribution is 6.31. The van der Waals surface area contributed by atoms with Gasteiger partial charge in [-0.15, -0.1) is 0 Å². The van der Waals surface area contributed by atoms with E-state index in [0.717, 1.165) is 44.6 Å². The SMILES string of the molecule is O=C(CN1CCN(C(=O)NCc2ccccc2Cl)CC1)N1CCCCC1. The predicted octanol–water partition coefficient (Wildman–Crippen LogP) is 2.18. The maximum atomic E-state index is 12.4. The number of nitrogens with zero attached hydrogens (tertiary/aromatic N) is 3. The lowest BCUT2D eigenvalue weighted by molar-refractivity contribution is -0.133. The van der Waals surface area contributed by atoms with Gasteiger partial charge in [0.25, 0.3) is 0 Å². The largest absolute Gasteiger partial charge is 0.342 e. The fraction of sp³-hybridized carbons (Fsp3) is 0.579. The smallest absolute Gasteiger partial charge is 0.317 e. The number of likely N-dealkylation sites (tertiary alicyclic amines) is 1. The summed E-state index contributed by atoms with van der Waals surface area (Å²) in [6, 6.07) is 7.43. The minimum absolute atomic E-state index is 0.0769. The van der Waals surface area contributed by atoms with E-state index in [1.165, 1.54) is 6.42 Å². The number of carbonyl (C=O) groups is 2. The third kappa shape index (κ3) is 5.11. The zero-order valence-corrected chi connectivity index (χ0v) is 15.9. The fourth-order valence-electron chi connectivity index (χ4n) is 3.47. The van der Waals surface area contributed by atoms with Crippen LogP contribution in [0.3, 0.4) is 0 Å². The van der Waals surface area contributed by atoms with Gasteiger partial charge in [-0.3, -0.25) is 9.69 Å². The van der Waals surface area contributed by atoms with Crippen molar-refractivity contribution < 1.29 is 9.59 Å². The standard InChI is InChI=1S/C19H27ClN4O2/c20-17-7-3-2-6-16(17)14-21-19(26)24-12-10-22(11-13-24)15-18(25)23-8-4-1-5-9-23/h2-3,6-7H,1,4-5,8-15H2,(H,21,26). The molecule has 0 saturated carbocycles. The van der Waals surface area contributed by atoms with Crippen molar-refractivity contribution in [3.63, 3.8) is 0 Å². The molecule has 7 heteroatoms. The number of hydrogen-bond donors (Lipinski definition) is 1. The highest BCUT2D eigenvalue weighted by atomic mass is 35.5. The van der Waals surface area contributed by atoms with Crippen LogP contribution in [0.4, 0.5) is 4.79 Å². The molecular formula is C19H27ClN4O2. The van der Waals surface area contributed by atoms with Gasteiger partial charge in [0, 0.05) is 50.8 Å². The first-order chi connectivity index (χ1) is 12.6. The molecule has 142 valence electrons. The number of urea groups is 1. The molecule has 2 aliphatic heterocycles. The minimum Gasteiger partial charge on any atom is -0.342 e. The van der Waals surface area contributed by atoms with E-state index in [9.17, 15) is 9.59 Å². The molecule has 0 spiro atoms. The second-order valence-electron chi connectivity index (χ2n) is 6.95. The second-order valence-corrected chi connectivity index (χ2v) is 7.36. The first-order valence-corrected chi connectivity index (χ1v) is 9.77. The summed E-state index contributed by atoms with van der Waals surface area (Å²) in [5, 5.41) is 3.59. The zero-order chi connectivity index (χ0) is 18.4. The lowest BCUT2D eigenvalue weighted by Gasteiger charge is -2.36. The molecule has 0 radical (unpaired) electrons. The van der Waals surface area contributed by atoms with Crippen molar-refractivity contribution in [2.75, 3.05) is 45.8 Å². The monoisotopic (exact) mass is 378 g/mol. The number of piperazine rings is 1. The highest BCUT2D eigenvalue weighted by Gasteiger charge is 2.24. The normalized spacial score (nSPS) is 18.7. The Balaban J connectivity index is 1.39. The van der Waals surface area contributed by atoms with E-state index in [4.69, 9.17) is 11.6 Å². The van der Waals surface area contributed by atoms with Gasteiger partial charge in [0.2, 0.25) is 5.91 Å². The number of amides is 3. The molecule has 2 heterocycles. The minimum atomic E-state index is -0.0769. The van der Waals surface area contributed by atoms with Gasteiger partial charge in [0.15, 0.2) is 0 Å². The molecule has 6 nitrogen and oxygen atoms in total. The van der Waals surface area contributed by atoms with Crippen molar-refractivity contribution in [1.82, 2.24) is 20.0 Å². The number of hydrogen-bond acceptors (Lipinski definition) is 3. The van der Waals surface area contributed by atoms with Crippen molar-refractivity contribution in [2.45, 2.75) is 25.8 Å². The Morgan fingerprint density at radius 1 is 0.923 bits per heavy atom. The number of nitrogens with one attached hydrogen (secondary N) is 1. The van der Waals surface area contributed by atoms with Crippen LogP contribution in [-0.4, -0.2) is 72.5 Å². The summed E-state index contributed by atoms with van der Waals surface area (Å²) in [5.74, 6) is 0.223. The summed E-state index contributed by atoms with van der Waals surface area (Å²) < 4.78 is 0. The Morgan fingerprint density at radius 3 is 2.31 bits per heavy atom. The molecule has 0 bridgehead atoms. The molecule has 0 aromatic heterocycles. The lowest BCUT2D eigenvalue weighted by Crippen LogP contribution is -2.53. The average molecular weight is 379 g/mol. The maximum absolute atomic E-state index is 12.4. The van der Waals surface area contributed by atoms with Gasteiger partial charge >= 0.3 is 6.03 Å². The number of rotatable bonds is 4. The van der Waals surface area contributed by atoms with Crippen molar-refractivity contribution in [2.24, 2.45) is 0 Å². The molecule has 3 rings (SSSR count). The van der Waals surface area contributed by atoms with Crippen LogP contribution in [-0.2, 0) is 11.3 Å². The maximum Gasteiger partial charge on any atom is 0.317 e. The van der Waals surface area contributed by atoms with Crippen LogP contribution in [0.25, 0.3) is 0 Å². The first kappa shape index (κ1) is 19.0. The summed E-state index contributed by atoms with van der Waals surface area (Å²) >= 11 is 6.12. The Hall–Kier alpha value is -1.79. The highest BCUT2D eigenvalue weighted by Crippen LogP contribution is 2.14. The molecule has 26 heavy (non-hydrogen) atoms. The van der Waals surface area contributed by atoms with Crippen LogP contribution in [0.5, 0.6) is 0 Å². The summed E-state index contributed by atoms with van der Waals surface area (Å²) in [6.07, 6.45) is 3.46. The molecule has 0 atom stereocenters. The quantitative estimate of drug-likeness (QED) is 0.873. The Morgan fingerprint density at radius 2 is 1.62 bits per heavy atom. The van der Waals surface area contributed by atoms with Gasteiger partial charge in [-0.25, -0.2) is 4.79 Å². The van der Waals surface area contributed by atoms with Gasteiger partial charge in [-0.1, -0.05) is 29.8 Å². The van der Waals surface area contributed by atoms with Gasteiger partial charge in [0.05, 0.1) is 6.54 Å². The van der Waals surface area contributed by atoms with Gasteiger partial charge in [-0.05, 0) is 30.9 Å². The van der Waals surface area contributed by atoms with Crippen molar-refractivity contribution >= 4 is 23.5 Å². The van der Waals surface area contributed by atoms with Crippen LogP contribution in [0.15, 0.2) is 24.3 Å². The Labute approximate surface area is 160 Å². The third-order valence-electron chi connectivity index (χ3n) is 5.12. The van der Waals surface area contributed by atoms with Gasteiger partial charge in [-0.2, -0.15) is 0 Å². The molecule has 0 unspecified atom stereocenters. The van der Waals surface area contributed by atoms with E-state index in [-0.39, 0.29) is 11.9 Å². The van der Waals surface area contributed by atoms with E-state index in [1.807, 2.05) is 29.2 Å². The van der Waals surface area contributed by atoms with E-state index in [2.05, 4.69) is 10.2 Å². The molecule has 2 aliphatic rings. The average Bonchev–Trinajstić information content (AvgIpc) is 2.68. The third-order valence-corrected chi connectivity index (χ3v) is 5.48. The molecule has 1 N–H and O–H groups in total. The van der Waals surface area contributed by atoms with Gasteiger partial charge in [0.1, 0.15) is 0 Å². The number of piperidine rings is 1. The molecule has 0 aliphatic carbocycles. The van der Waals surface area contributed by atoms with Crippen LogP contribution < -0.4 is 5.32 Å². The van der Waals surface area contributed by atoms with Crippen molar-refractivity contribution in [1.29, 1.82) is 0 Å². The summed E-state index contributed by atoms with van der Waals surface area (Å²) in [6.45, 7) is 5.43. The second kappa shape index (κ2) is 9.24. The van der Waals surface area contributed by atoms with E-state index in [1.54, 1.807) is 4.90 Å². The van der Waals surface area contributed by atoms with E-state index in [0.29, 0.717) is 31.2 Å². The topological polar surface area (TPSA) is 55.9 Å². The Bertz CT molecular complexity index is 626. The number of halogens is 1. The molecular weight excluding hydrogens is 352 g/mol. The van der Waals surface area contributed by atoms with E-state index < -0.39 is 0 Å². The van der Waals surface area contributed by atoms with Crippen molar-refractivity contribution in [3.05, 3.63) is 34.9 Å². The summed E-state index contributed by atoms with van der Waals surface area (Å²) in [7, 11) is 0. The van der Waals surface area contributed by atoms with Gasteiger partial charge < -0.3 is 15.1 Å². The summed E-state index contributed by atoms with van der Waals surface area (Å²) in [4.78, 5) is 30.6. The van der Waals surface area contributed by atoms with Crippen LogP contribution in [0.1, 0.15) is 24.8 Å². The van der Waals surface area contributed by atoms with Crippen LogP contribution in [0.2, 0.25) is 5.02 Å². The molecule has 1 aromatic rings. The fourth-order valence-corrected chi connectivity index (χ4v) is 3.67. The van der Waals surface area contributed by atoms with Crippen molar-refractivity contribution in [3.8, 4) is 0 Å². The first-order valence-electron chi connectivity index (χ1n) is 9.40. The number of benzene rings is 1. The Kier molecular flexibility index (Phi) is 6.74. The lowest BCUT2D eigenvalue weighted by atomic mass is 10.1. The molecule has 1 aromatic carbocycles. The predicted molar refractivity (Wildman–Crippen MR) is 102 cm³/mol. The van der Waals surface area contributed by atoms with Crippen LogP contribution >= 0.6 is 11.6 Å². The number of carbonyl (C=O) groups excluding carboxylic acids is 2. The molecule has 2 saturated heterocycles. The molecule has 3 amide bonds. The summed E-state index contributed by atoms with van der Waals surface area (Å²) in [5.41, 5.74) is 0.910.